The summed E-state index contributed by atoms with van der Waals surface area (Å²) in [6, 6.07) is 32.8. The van der Waals surface area contributed by atoms with Crippen LogP contribution in [-0.4, -0.2) is 54.8 Å². The number of hydrogen-bond acceptors (Lipinski definition) is 5. The highest BCUT2D eigenvalue weighted by Crippen LogP contribution is 2.46. The Bertz CT molecular complexity index is 1500. The molecule has 46 heavy (non-hydrogen) atoms. The molecule has 1 aliphatic rings. The van der Waals surface area contributed by atoms with Gasteiger partial charge in [-0.25, -0.2) is 4.79 Å². The molecular formula is C39H49N3O3Si. The smallest absolute Gasteiger partial charge is 0.341 e. The fraction of sp³-hybridized carbons (Fsp3) is 0.385. The van der Waals surface area contributed by atoms with Crippen molar-refractivity contribution in [2.75, 3.05) is 19.7 Å². The summed E-state index contributed by atoms with van der Waals surface area (Å²) in [7, 11) is -2.04. The van der Waals surface area contributed by atoms with Crippen LogP contribution in [0.2, 0.25) is 18.1 Å². The molecule has 1 aliphatic heterocycles. The standard InChI is InChI=1S/C39H49N3O3Si/c1-7-44-37(43)32-28-40-42(30-32)26-17-18-31-29-41(27-25-36(31)45-46(5,6)38(2,3)4)39(33-19-11-8-12-20-33,34-21-13-9-14-22-34)35-23-15-10-16-24-35/h8-16,18-24,28,30,36H,7,17,25-27,29H2,1-6H3/b31-18+. The molecule has 1 fully saturated rings. The molecular weight excluding hydrogens is 587 g/mol. The van der Waals surface area contributed by atoms with E-state index in [2.05, 4.69) is 141 Å². The van der Waals surface area contributed by atoms with E-state index in [0.29, 0.717) is 18.7 Å². The second kappa shape index (κ2) is 14.3. The summed E-state index contributed by atoms with van der Waals surface area (Å²) >= 11 is 0. The molecule has 242 valence electrons. The largest absolute Gasteiger partial charge is 0.462 e. The Labute approximate surface area is 276 Å². The topological polar surface area (TPSA) is 56.6 Å². The van der Waals surface area contributed by atoms with Gasteiger partial charge in [-0.2, -0.15) is 5.10 Å². The number of rotatable bonds is 11. The van der Waals surface area contributed by atoms with Gasteiger partial charge in [0, 0.05) is 25.8 Å². The van der Waals surface area contributed by atoms with Gasteiger partial charge in [0.05, 0.1) is 30.0 Å². The predicted molar refractivity (Wildman–Crippen MR) is 188 cm³/mol. The minimum atomic E-state index is -2.04. The number of hydrogen-bond donors (Lipinski definition) is 0. The minimum absolute atomic E-state index is 0.0462. The SMILES string of the molecule is CCOC(=O)c1cnn(CC/C=C2\CN(C(c3ccccc3)(c3ccccc3)c3ccccc3)CCC2O[Si](C)(C)C(C)(C)C)c1. The van der Waals surface area contributed by atoms with Gasteiger partial charge in [0.1, 0.15) is 0 Å². The Morgan fingerprint density at radius 2 is 1.46 bits per heavy atom. The normalized spacial score (nSPS) is 17.3. The zero-order valence-corrected chi connectivity index (χ0v) is 29.3. The van der Waals surface area contributed by atoms with Crippen LogP contribution in [0.15, 0.2) is 115 Å². The summed E-state index contributed by atoms with van der Waals surface area (Å²) in [5, 5.41) is 4.54. The second-order valence-electron chi connectivity index (χ2n) is 13.7. The van der Waals surface area contributed by atoms with Gasteiger partial charge < -0.3 is 9.16 Å². The molecule has 0 amide bonds. The maximum Gasteiger partial charge on any atom is 0.341 e. The molecule has 1 aromatic heterocycles. The molecule has 0 aliphatic carbocycles. The van der Waals surface area contributed by atoms with Crippen LogP contribution >= 0.6 is 0 Å². The molecule has 2 heterocycles. The first-order chi connectivity index (χ1) is 22.1. The molecule has 1 saturated heterocycles. The average molecular weight is 636 g/mol. The van der Waals surface area contributed by atoms with Crippen LogP contribution in [0.25, 0.3) is 0 Å². The van der Waals surface area contributed by atoms with E-state index in [9.17, 15) is 4.79 Å². The number of aryl methyl sites for hydroxylation is 1. The third-order valence-electron chi connectivity index (χ3n) is 9.65. The van der Waals surface area contributed by atoms with Crippen LogP contribution in [0.5, 0.6) is 0 Å². The van der Waals surface area contributed by atoms with E-state index in [1.807, 2.05) is 11.6 Å². The van der Waals surface area contributed by atoms with E-state index in [1.165, 1.54) is 22.3 Å². The zero-order chi connectivity index (χ0) is 32.8. The monoisotopic (exact) mass is 635 g/mol. The van der Waals surface area contributed by atoms with E-state index >= 15 is 0 Å². The van der Waals surface area contributed by atoms with Gasteiger partial charge in [-0.3, -0.25) is 9.58 Å². The van der Waals surface area contributed by atoms with Crippen LogP contribution in [0.4, 0.5) is 0 Å². The third-order valence-corrected chi connectivity index (χ3v) is 14.1. The van der Waals surface area contributed by atoms with Crippen molar-refractivity contribution >= 4 is 14.3 Å². The van der Waals surface area contributed by atoms with Crippen molar-refractivity contribution in [3.8, 4) is 0 Å². The Kier molecular flexibility index (Phi) is 10.5. The molecule has 6 nitrogen and oxygen atoms in total. The Hall–Kier alpha value is -3.78. The molecule has 0 saturated carbocycles. The molecule has 0 radical (unpaired) electrons. The molecule has 3 aromatic carbocycles. The highest BCUT2D eigenvalue weighted by atomic mass is 28.4. The first-order valence-corrected chi connectivity index (χ1v) is 19.4. The van der Waals surface area contributed by atoms with Crippen LogP contribution in [0.1, 0.15) is 67.6 Å². The van der Waals surface area contributed by atoms with Gasteiger partial charge in [-0.15, -0.1) is 0 Å². The molecule has 7 heteroatoms. The van der Waals surface area contributed by atoms with Crippen molar-refractivity contribution in [2.24, 2.45) is 0 Å². The predicted octanol–water partition coefficient (Wildman–Crippen LogP) is 8.46. The lowest BCUT2D eigenvalue weighted by molar-refractivity contribution is 0.0526. The van der Waals surface area contributed by atoms with Crippen LogP contribution < -0.4 is 0 Å². The van der Waals surface area contributed by atoms with Crippen molar-refractivity contribution in [1.82, 2.24) is 14.7 Å². The fourth-order valence-corrected chi connectivity index (χ4v) is 7.62. The van der Waals surface area contributed by atoms with Crippen molar-refractivity contribution in [3.63, 3.8) is 0 Å². The van der Waals surface area contributed by atoms with E-state index in [1.54, 1.807) is 12.4 Å². The average Bonchev–Trinajstić information content (AvgIpc) is 3.53. The molecule has 4 aromatic rings. The van der Waals surface area contributed by atoms with Gasteiger partial charge in [-0.1, -0.05) is 118 Å². The highest BCUT2D eigenvalue weighted by Gasteiger charge is 2.46. The van der Waals surface area contributed by atoms with Crippen molar-refractivity contribution in [3.05, 3.63) is 137 Å². The Morgan fingerprint density at radius 1 is 0.913 bits per heavy atom. The maximum absolute atomic E-state index is 12.2. The number of piperidine rings is 1. The van der Waals surface area contributed by atoms with E-state index in [-0.39, 0.29) is 17.1 Å². The molecule has 0 N–H and O–H groups in total. The van der Waals surface area contributed by atoms with Gasteiger partial charge in [0.25, 0.3) is 0 Å². The summed E-state index contributed by atoms with van der Waals surface area (Å²) in [5.41, 5.74) is 5.05. The number of allylic oxidation sites excluding steroid dienone is 1. The lowest BCUT2D eigenvalue weighted by Gasteiger charge is -2.50. The van der Waals surface area contributed by atoms with Crippen molar-refractivity contribution in [1.29, 1.82) is 0 Å². The van der Waals surface area contributed by atoms with E-state index in [4.69, 9.17) is 9.16 Å². The van der Waals surface area contributed by atoms with Crippen LogP contribution in [0, 0.1) is 0 Å². The number of carbonyl (C=O) groups is 1. The second-order valence-corrected chi connectivity index (χ2v) is 18.4. The minimum Gasteiger partial charge on any atom is -0.462 e. The molecule has 1 atom stereocenters. The van der Waals surface area contributed by atoms with E-state index in [0.717, 1.165) is 25.9 Å². The Morgan fingerprint density at radius 3 is 1.96 bits per heavy atom. The number of likely N-dealkylation sites (tertiary alicyclic amines) is 1. The van der Waals surface area contributed by atoms with Crippen LogP contribution in [-0.2, 0) is 21.2 Å². The maximum atomic E-state index is 12.2. The van der Waals surface area contributed by atoms with Gasteiger partial charge in [-0.05, 0) is 60.2 Å². The number of esters is 1. The lowest BCUT2D eigenvalue weighted by atomic mass is 9.74. The van der Waals surface area contributed by atoms with Crippen LogP contribution in [0.3, 0.4) is 0 Å². The van der Waals surface area contributed by atoms with Gasteiger partial charge in [0.2, 0.25) is 0 Å². The van der Waals surface area contributed by atoms with Gasteiger partial charge >= 0.3 is 5.97 Å². The summed E-state index contributed by atoms with van der Waals surface area (Å²) < 4.78 is 14.1. The first-order valence-electron chi connectivity index (χ1n) is 16.5. The molecule has 0 spiro atoms. The van der Waals surface area contributed by atoms with Gasteiger partial charge in [0.15, 0.2) is 8.32 Å². The quantitative estimate of drug-likeness (QED) is 0.0716. The number of ether oxygens (including phenoxy) is 1. The van der Waals surface area contributed by atoms with E-state index < -0.39 is 13.9 Å². The summed E-state index contributed by atoms with van der Waals surface area (Å²) in [6.07, 6.45) is 7.45. The first kappa shape index (κ1) is 33.6. The number of carbonyl (C=O) groups excluding carboxylic acids is 1. The Balaban J connectivity index is 1.54. The number of aromatic nitrogens is 2. The summed E-state index contributed by atoms with van der Waals surface area (Å²) in [4.78, 5) is 14.9. The molecule has 0 bridgehead atoms. The summed E-state index contributed by atoms with van der Waals surface area (Å²) in [5.74, 6) is -0.336. The zero-order valence-electron chi connectivity index (χ0n) is 28.3. The van der Waals surface area contributed by atoms with Crippen molar-refractivity contribution < 1.29 is 14.0 Å². The number of benzene rings is 3. The molecule has 5 rings (SSSR count). The number of nitrogens with zero attached hydrogens (tertiary/aromatic N) is 3. The van der Waals surface area contributed by atoms with Crippen molar-refractivity contribution in [2.45, 2.75) is 76.9 Å². The fourth-order valence-electron chi connectivity index (χ4n) is 6.28. The highest BCUT2D eigenvalue weighted by molar-refractivity contribution is 6.74. The third kappa shape index (κ3) is 7.12. The summed E-state index contributed by atoms with van der Waals surface area (Å²) in [6.45, 7) is 16.1. The molecule has 1 unspecified atom stereocenters. The lowest BCUT2D eigenvalue weighted by Crippen LogP contribution is -2.55.